The molecular weight excluding hydrogens is 228 g/mol. The number of hydrogen-bond donors (Lipinski definition) is 1. The van der Waals surface area contributed by atoms with Crippen LogP contribution in [0.15, 0.2) is 24.5 Å². The molecule has 18 heavy (non-hydrogen) atoms. The molecule has 1 unspecified atom stereocenters. The van der Waals surface area contributed by atoms with E-state index < -0.39 is 0 Å². The van der Waals surface area contributed by atoms with Gasteiger partial charge in [0.1, 0.15) is 0 Å². The third-order valence-electron chi connectivity index (χ3n) is 3.29. The topological polar surface area (TPSA) is 51.2 Å². The highest BCUT2D eigenvalue weighted by molar-refractivity contribution is 5.76. The average molecular weight is 248 g/mol. The number of carbonyl (C=O) groups is 1. The van der Waals surface area contributed by atoms with Crippen LogP contribution in [0.25, 0.3) is 0 Å². The first-order chi connectivity index (χ1) is 8.84. The first-order valence-electron chi connectivity index (χ1n) is 6.58. The lowest BCUT2D eigenvalue weighted by atomic mass is 10.1. The minimum atomic E-state index is 0.130. The van der Waals surface area contributed by atoms with Crippen molar-refractivity contribution in [3.05, 3.63) is 30.1 Å². The number of carbonyl (C=O) groups excluding carboxylic acids is 1. The van der Waals surface area contributed by atoms with Crippen LogP contribution in [0.1, 0.15) is 24.8 Å². The SMILES string of the molecule is O=C(CCc1ccncc1)NCCC1CCOC1. The highest BCUT2D eigenvalue weighted by atomic mass is 16.5. The second-order valence-corrected chi connectivity index (χ2v) is 4.72. The quantitative estimate of drug-likeness (QED) is 0.831. The molecule has 1 aromatic rings. The van der Waals surface area contributed by atoms with Crippen molar-refractivity contribution in [3.8, 4) is 0 Å². The number of pyridine rings is 1. The van der Waals surface area contributed by atoms with Gasteiger partial charge < -0.3 is 10.1 Å². The molecule has 0 bridgehead atoms. The lowest BCUT2D eigenvalue weighted by molar-refractivity contribution is -0.121. The van der Waals surface area contributed by atoms with Gasteiger partial charge in [-0.3, -0.25) is 9.78 Å². The van der Waals surface area contributed by atoms with Gasteiger partial charge in [0.2, 0.25) is 5.91 Å². The molecule has 1 aliphatic heterocycles. The Labute approximate surface area is 108 Å². The van der Waals surface area contributed by atoms with E-state index in [1.165, 1.54) is 0 Å². The number of aromatic nitrogens is 1. The van der Waals surface area contributed by atoms with E-state index in [-0.39, 0.29) is 5.91 Å². The van der Waals surface area contributed by atoms with Crippen molar-refractivity contribution in [1.29, 1.82) is 0 Å². The number of aryl methyl sites for hydroxylation is 1. The smallest absolute Gasteiger partial charge is 0.220 e. The average Bonchev–Trinajstić information content (AvgIpc) is 2.91. The second kappa shape index (κ2) is 7.11. The standard InChI is InChI=1S/C14H20N2O2/c17-14(2-1-12-3-7-15-8-4-12)16-9-5-13-6-10-18-11-13/h3-4,7-8,13H,1-2,5-6,9-11H2,(H,16,17). The summed E-state index contributed by atoms with van der Waals surface area (Å²) in [5.41, 5.74) is 1.16. The maximum Gasteiger partial charge on any atom is 0.220 e. The monoisotopic (exact) mass is 248 g/mol. The van der Waals surface area contributed by atoms with Crippen molar-refractivity contribution >= 4 is 5.91 Å². The van der Waals surface area contributed by atoms with Crippen LogP contribution < -0.4 is 5.32 Å². The predicted octanol–water partition coefficient (Wildman–Crippen LogP) is 1.56. The number of ether oxygens (including phenoxy) is 1. The van der Waals surface area contributed by atoms with Gasteiger partial charge in [0, 0.05) is 38.6 Å². The van der Waals surface area contributed by atoms with E-state index >= 15 is 0 Å². The van der Waals surface area contributed by atoms with Gasteiger partial charge in [0.05, 0.1) is 0 Å². The summed E-state index contributed by atoms with van der Waals surface area (Å²) in [6.07, 6.45) is 7.00. The third-order valence-corrected chi connectivity index (χ3v) is 3.29. The summed E-state index contributed by atoms with van der Waals surface area (Å²) in [5.74, 6) is 0.760. The van der Waals surface area contributed by atoms with E-state index in [1.54, 1.807) is 12.4 Å². The van der Waals surface area contributed by atoms with E-state index in [0.717, 1.165) is 44.6 Å². The van der Waals surface area contributed by atoms with Gasteiger partial charge in [-0.1, -0.05) is 0 Å². The zero-order valence-electron chi connectivity index (χ0n) is 10.6. The van der Waals surface area contributed by atoms with E-state index in [4.69, 9.17) is 4.74 Å². The fraction of sp³-hybridized carbons (Fsp3) is 0.571. The van der Waals surface area contributed by atoms with Crippen LogP contribution in [0.3, 0.4) is 0 Å². The van der Waals surface area contributed by atoms with Crippen molar-refractivity contribution < 1.29 is 9.53 Å². The molecule has 1 saturated heterocycles. The van der Waals surface area contributed by atoms with Crippen molar-refractivity contribution in [2.75, 3.05) is 19.8 Å². The Bertz CT molecular complexity index is 361. The van der Waals surface area contributed by atoms with Gasteiger partial charge >= 0.3 is 0 Å². The van der Waals surface area contributed by atoms with Crippen LogP contribution in [0.4, 0.5) is 0 Å². The minimum absolute atomic E-state index is 0.130. The van der Waals surface area contributed by atoms with Crippen LogP contribution in [0, 0.1) is 5.92 Å². The van der Waals surface area contributed by atoms with Crippen LogP contribution in [-0.4, -0.2) is 30.6 Å². The molecule has 2 rings (SSSR count). The Balaban J connectivity index is 1.57. The highest BCUT2D eigenvalue weighted by Crippen LogP contribution is 2.15. The summed E-state index contributed by atoms with van der Waals surface area (Å²) in [4.78, 5) is 15.6. The van der Waals surface area contributed by atoms with E-state index in [0.29, 0.717) is 12.3 Å². The molecule has 4 heteroatoms. The maximum atomic E-state index is 11.6. The Morgan fingerprint density at radius 2 is 2.28 bits per heavy atom. The zero-order valence-corrected chi connectivity index (χ0v) is 10.6. The van der Waals surface area contributed by atoms with Gasteiger partial charge in [-0.15, -0.1) is 0 Å². The molecule has 0 aromatic carbocycles. The molecular formula is C14H20N2O2. The molecule has 0 saturated carbocycles. The van der Waals surface area contributed by atoms with Crippen molar-refractivity contribution in [2.45, 2.75) is 25.7 Å². The molecule has 0 radical (unpaired) electrons. The molecule has 2 heterocycles. The summed E-state index contributed by atoms with van der Waals surface area (Å²) in [5, 5.41) is 2.97. The van der Waals surface area contributed by atoms with Crippen molar-refractivity contribution in [3.63, 3.8) is 0 Å². The minimum Gasteiger partial charge on any atom is -0.381 e. The zero-order chi connectivity index (χ0) is 12.6. The molecule has 0 aliphatic carbocycles. The molecule has 1 aliphatic rings. The van der Waals surface area contributed by atoms with E-state index in [1.807, 2.05) is 12.1 Å². The van der Waals surface area contributed by atoms with Gasteiger partial charge in [-0.25, -0.2) is 0 Å². The molecule has 1 amide bonds. The lowest BCUT2D eigenvalue weighted by Gasteiger charge is -2.08. The van der Waals surface area contributed by atoms with Crippen LogP contribution in [-0.2, 0) is 16.0 Å². The van der Waals surface area contributed by atoms with Gasteiger partial charge in [0.25, 0.3) is 0 Å². The Kier molecular flexibility index (Phi) is 5.15. The Hall–Kier alpha value is -1.42. The third kappa shape index (κ3) is 4.45. The molecule has 1 fully saturated rings. The fourth-order valence-corrected chi connectivity index (χ4v) is 2.12. The molecule has 98 valence electrons. The van der Waals surface area contributed by atoms with Gasteiger partial charge in [0.15, 0.2) is 0 Å². The van der Waals surface area contributed by atoms with E-state index in [9.17, 15) is 4.79 Å². The molecule has 4 nitrogen and oxygen atoms in total. The molecule has 1 atom stereocenters. The number of amides is 1. The predicted molar refractivity (Wildman–Crippen MR) is 69.1 cm³/mol. The Morgan fingerprint density at radius 1 is 1.44 bits per heavy atom. The van der Waals surface area contributed by atoms with Crippen molar-refractivity contribution in [1.82, 2.24) is 10.3 Å². The number of nitrogens with one attached hydrogen (secondary N) is 1. The highest BCUT2D eigenvalue weighted by Gasteiger charge is 2.15. The van der Waals surface area contributed by atoms with Crippen molar-refractivity contribution in [2.24, 2.45) is 5.92 Å². The normalized spacial score (nSPS) is 18.8. The fourth-order valence-electron chi connectivity index (χ4n) is 2.12. The molecule has 1 aromatic heterocycles. The summed E-state index contributed by atoms with van der Waals surface area (Å²) in [6, 6.07) is 3.90. The summed E-state index contributed by atoms with van der Waals surface area (Å²) < 4.78 is 5.30. The first-order valence-corrected chi connectivity index (χ1v) is 6.58. The van der Waals surface area contributed by atoms with Gasteiger partial charge in [-0.2, -0.15) is 0 Å². The first kappa shape index (κ1) is 13.0. The van der Waals surface area contributed by atoms with E-state index in [2.05, 4.69) is 10.3 Å². The summed E-state index contributed by atoms with van der Waals surface area (Å²) >= 11 is 0. The molecule has 1 N–H and O–H groups in total. The summed E-state index contributed by atoms with van der Waals surface area (Å²) in [6.45, 7) is 2.50. The Morgan fingerprint density at radius 3 is 3.00 bits per heavy atom. The van der Waals surface area contributed by atoms with Gasteiger partial charge in [-0.05, 0) is 42.9 Å². The van der Waals surface area contributed by atoms with Crippen LogP contribution in [0.5, 0.6) is 0 Å². The number of nitrogens with zero attached hydrogens (tertiary/aromatic N) is 1. The molecule has 0 spiro atoms. The van der Waals surface area contributed by atoms with Crippen LogP contribution >= 0.6 is 0 Å². The lowest BCUT2D eigenvalue weighted by Crippen LogP contribution is -2.26. The second-order valence-electron chi connectivity index (χ2n) is 4.72. The number of rotatable bonds is 6. The number of hydrogen-bond acceptors (Lipinski definition) is 3. The maximum absolute atomic E-state index is 11.6. The largest absolute Gasteiger partial charge is 0.381 e. The summed E-state index contributed by atoms with van der Waals surface area (Å²) in [7, 11) is 0. The van der Waals surface area contributed by atoms with Crippen LogP contribution in [0.2, 0.25) is 0 Å².